The van der Waals surface area contributed by atoms with Crippen molar-refractivity contribution in [1.29, 1.82) is 0 Å². The number of carbonyl (C=O) groups excluding carboxylic acids is 1. The summed E-state index contributed by atoms with van der Waals surface area (Å²) in [5, 5.41) is 2.54. The van der Waals surface area contributed by atoms with E-state index in [0.717, 1.165) is 0 Å². The Labute approximate surface area is 53.4 Å². The van der Waals surface area contributed by atoms with Gasteiger partial charge in [-0.15, -0.1) is 0 Å². The van der Waals surface area contributed by atoms with E-state index in [1.165, 1.54) is 0 Å². The quantitative estimate of drug-likeness (QED) is 0.493. The molecule has 9 heavy (non-hydrogen) atoms. The van der Waals surface area contributed by atoms with Gasteiger partial charge in [-0.2, -0.15) is 0 Å². The number of nitrogens with one attached hydrogen (secondary N) is 1. The summed E-state index contributed by atoms with van der Waals surface area (Å²) in [4.78, 5) is 10.4. The fraction of sp³-hybridized carbons (Fsp3) is 0.800. The largest absolute Gasteiger partial charge is 0.449 e. The number of carbonyl (C=O) groups is 1. The van der Waals surface area contributed by atoms with Crippen molar-refractivity contribution in [2.75, 3.05) is 19.7 Å². The van der Waals surface area contributed by atoms with Crippen LogP contribution in [0.25, 0.3) is 0 Å². The van der Waals surface area contributed by atoms with Crippen LogP contribution in [0.2, 0.25) is 0 Å². The molecule has 0 aromatic rings. The molecule has 52 valence electrons. The minimum atomic E-state index is -0.334. The Hall–Kier alpha value is -0.770. The van der Waals surface area contributed by atoms with E-state index in [0.29, 0.717) is 25.6 Å². The highest BCUT2D eigenvalue weighted by Gasteiger charge is 2.16. The lowest BCUT2D eigenvalue weighted by Crippen LogP contribution is -2.41. The van der Waals surface area contributed by atoms with Crippen molar-refractivity contribution in [3.8, 4) is 0 Å². The van der Waals surface area contributed by atoms with E-state index in [2.05, 4.69) is 10.1 Å². The fourth-order valence-electron chi connectivity index (χ4n) is 0.683. The van der Waals surface area contributed by atoms with Gasteiger partial charge in [0.2, 0.25) is 0 Å². The molecule has 1 saturated heterocycles. The lowest BCUT2D eigenvalue weighted by molar-refractivity contribution is 0.105. The Morgan fingerprint density at radius 1 is 1.89 bits per heavy atom. The summed E-state index contributed by atoms with van der Waals surface area (Å²) in [7, 11) is 0. The standard InChI is InChI=1S/C5H10N2O2/c6-1-4-2-7-5(8)9-3-4/h4H,1-3,6H2,(H,7,8)/t4-/m1/s1. The van der Waals surface area contributed by atoms with Crippen molar-refractivity contribution in [1.82, 2.24) is 5.32 Å². The molecular formula is C5H10N2O2. The number of rotatable bonds is 1. The molecule has 1 amide bonds. The summed E-state index contributed by atoms with van der Waals surface area (Å²) < 4.78 is 4.65. The Morgan fingerprint density at radius 3 is 3.11 bits per heavy atom. The molecule has 0 aromatic carbocycles. The summed E-state index contributed by atoms with van der Waals surface area (Å²) in [6, 6.07) is 0. The Kier molecular flexibility index (Phi) is 1.89. The lowest BCUT2D eigenvalue weighted by atomic mass is 10.1. The molecule has 4 nitrogen and oxygen atoms in total. The van der Waals surface area contributed by atoms with Crippen molar-refractivity contribution in [2.45, 2.75) is 0 Å². The second kappa shape index (κ2) is 2.68. The molecule has 1 aliphatic heterocycles. The van der Waals surface area contributed by atoms with Crippen LogP contribution in [-0.2, 0) is 4.74 Å². The molecule has 4 heteroatoms. The average Bonchev–Trinajstić information content (AvgIpc) is 1.90. The fourth-order valence-corrected chi connectivity index (χ4v) is 0.683. The van der Waals surface area contributed by atoms with E-state index >= 15 is 0 Å². The smallest absolute Gasteiger partial charge is 0.407 e. The van der Waals surface area contributed by atoms with Gasteiger partial charge in [-0.05, 0) is 0 Å². The van der Waals surface area contributed by atoms with E-state index in [9.17, 15) is 4.79 Å². The maximum Gasteiger partial charge on any atom is 0.407 e. The number of ether oxygens (including phenoxy) is 1. The van der Waals surface area contributed by atoms with E-state index in [4.69, 9.17) is 5.73 Å². The highest BCUT2D eigenvalue weighted by molar-refractivity contribution is 5.67. The van der Waals surface area contributed by atoms with Gasteiger partial charge in [0.15, 0.2) is 0 Å². The summed E-state index contributed by atoms with van der Waals surface area (Å²) in [6.07, 6.45) is -0.334. The van der Waals surface area contributed by atoms with Crippen LogP contribution in [0.3, 0.4) is 0 Å². The van der Waals surface area contributed by atoms with Gasteiger partial charge in [0.05, 0.1) is 6.61 Å². The van der Waals surface area contributed by atoms with Crippen LogP contribution in [0.5, 0.6) is 0 Å². The minimum Gasteiger partial charge on any atom is -0.449 e. The van der Waals surface area contributed by atoms with Gasteiger partial charge in [0.1, 0.15) is 0 Å². The third-order valence-corrected chi connectivity index (χ3v) is 1.32. The zero-order chi connectivity index (χ0) is 6.69. The maximum atomic E-state index is 10.4. The summed E-state index contributed by atoms with van der Waals surface area (Å²) in [6.45, 7) is 1.68. The molecule has 0 spiro atoms. The molecule has 1 fully saturated rings. The van der Waals surface area contributed by atoms with Gasteiger partial charge < -0.3 is 15.8 Å². The first-order valence-corrected chi connectivity index (χ1v) is 2.93. The first-order valence-electron chi connectivity index (χ1n) is 2.93. The number of hydrogen-bond donors (Lipinski definition) is 2. The van der Waals surface area contributed by atoms with Crippen LogP contribution in [0.15, 0.2) is 0 Å². The maximum absolute atomic E-state index is 10.4. The van der Waals surface area contributed by atoms with Gasteiger partial charge in [-0.1, -0.05) is 0 Å². The first-order chi connectivity index (χ1) is 4.33. The van der Waals surface area contributed by atoms with E-state index in [1.807, 2.05) is 0 Å². The van der Waals surface area contributed by atoms with Crippen LogP contribution in [0.1, 0.15) is 0 Å². The van der Waals surface area contributed by atoms with Crippen molar-refractivity contribution in [2.24, 2.45) is 11.7 Å². The normalized spacial score (nSPS) is 26.8. The molecule has 0 unspecified atom stereocenters. The second-order valence-electron chi connectivity index (χ2n) is 2.08. The zero-order valence-corrected chi connectivity index (χ0v) is 5.09. The third kappa shape index (κ3) is 1.57. The first kappa shape index (κ1) is 6.35. The molecular weight excluding hydrogens is 120 g/mol. The van der Waals surface area contributed by atoms with E-state index in [-0.39, 0.29) is 6.09 Å². The van der Waals surface area contributed by atoms with Gasteiger partial charge >= 0.3 is 6.09 Å². The lowest BCUT2D eigenvalue weighted by Gasteiger charge is -2.20. The van der Waals surface area contributed by atoms with Gasteiger partial charge in [-0.3, -0.25) is 0 Å². The van der Waals surface area contributed by atoms with Crippen molar-refractivity contribution >= 4 is 6.09 Å². The number of nitrogens with two attached hydrogens (primary N) is 1. The molecule has 3 N–H and O–H groups in total. The molecule has 0 aliphatic carbocycles. The summed E-state index contributed by atoms with van der Waals surface area (Å²) in [5.41, 5.74) is 5.32. The molecule has 0 radical (unpaired) electrons. The highest BCUT2D eigenvalue weighted by atomic mass is 16.6. The molecule has 0 bridgehead atoms. The van der Waals surface area contributed by atoms with Crippen molar-refractivity contribution in [3.63, 3.8) is 0 Å². The number of hydrogen-bond acceptors (Lipinski definition) is 3. The van der Waals surface area contributed by atoms with E-state index in [1.54, 1.807) is 0 Å². The average molecular weight is 130 g/mol. The predicted molar refractivity (Wildman–Crippen MR) is 31.9 cm³/mol. The third-order valence-electron chi connectivity index (χ3n) is 1.32. The van der Waals surface area contributed by atoms with Gasteiger partial charge in [-0.25, -0.2) is 4.79 Å². The van der Waals surface area contributed by atoms with Crippen molar-refractivity contribution < 1.29 is 9.53 Å². The van der Waals surface area contributed by atoms with Crippen LogP contribution in [-0.4, -0.2) is 25.8 Å². The topological polar surface area (TPSA) is 64.3 Å². The number of cyclic esters (lactones) is 1. The van der Waals surface area contributed by atoms with Gasteiger partial charge in [0.25, 0.3) is 0 Å². The van der Waals surface area contributed by atoms with Crippen LogP contribution >= 0.6 is 0 Å². The zero-order valence-electron chi connectivity index (χ0n) is 5.09. The number of amides is 1. The Balaban J connectivity index is 2.26. The summed E-state index contributed by atoms with van der Waals surface area (Å²) >= 11 is 0. The Bertz CT molecular complexity index is 106. The highest BCUT2D eigenvalue weighted by Crippen LogP contribution is 1.98. The molecule has 1 atom stereocenters. The second-order valence-corrected chi connectivity index (χ2v) is 2.08. The molecule has 0 saturated carbocycles. The van der Waals surface area contributed by atoms with Crippen LogP contribution < -0.4 is 11.1 Å². The minimum absolute atomic E-state index is 0.294. The van der Waals surface area contributed by atoms with Gasteiger partial charge in [0, 0.05) is 19.0 Å². The Morgan fingerprint density at radius 2 is 2.67 bits per heavy atom. The van der Waals surface area contributed by atoms with Crippen LogP contribution in [0.4, 0.5) is 4.79 Å². The molecule has 1 aliphatic rings. The predicted octanol–water partition coefficient (Wildman–Crippen LogP) is -0.699. The molecule has 1 heterocycles. The molecule has 1 rings (SSSR count). The molecule has 0 aromatic heterocycles. The van der Waals surface area contributed by atoms with Crippen molar-refractivity contribution in [3.05, 3.63) is 0 Å². The summed E-state index contributed by atoms with van der Waals surface area (Å²) in [5.74, 6) is 0.294. The monoisotopic (exact) mass is 130 g/mol. The SMILES string of the molecule is NC[C@@H]1CNC(=O)OC1. The number of alkyl carbamates (subject to hydrolysis) is 1. The van der Waals surface area contributed by atoms with E-state index < -0.39 is 0 Å². The van der Waals surface area contributed by atoms with Crippen LogP contribution in [0, 0.1) is 5.92 Å².